The number of amides is 2. The standard InChI is InChI=1S/C52H66N2O10/c1-49(2,3)63-44(56)20-18-36(30-55)53-46(57)40-16-11-23-54(40)47(58)35-25-41(45-42(26-35)61-52(64-45)27-33-13-7-8-14-34(33)28-52)60-48(59)37-15-10-9-12-31(37)24-32-17-19-43-51(6,62-43)22-21-39-38(32)29-50(39,4)5/h7-10,12-15,24,26,36,38-43,45,55H,11,16-23,25,27-30H2,1-6H3,(H,53,57). The summed E-state index contributed by atoms with van der Waals surface area (Å²) in [4.78, 5) is 56.9. The van der Waals surface area contributed by atoms with Crippen LogP contribution in [0.1, 0.15) is 133 Å². The first kappa shape index (κ1) is 44.8. The van der Waals surface area contributed by atoms with Crippen LogP contribution in [0, 0.1) is 17.3 Å². The van der Waals surface area contributed by atoms with Crippen LogP contribution in [0.4, 0.5) is 0 Å². The molecule has 12 nitrogen and oxygen atoms in total. The Morgan fingerprint density at radius 1 is 0.969 bits per heavy atom. The van der Waals surface area contributed by atoms with Gasteiger partial charge in [0.25, 0.3) is 0 Å². The van der Waals surface area contributed by atoms with Crippen LogP contribution in [0.25, 0.3) is 6.08 Å². The van der Waals surface area contributed by atoms with Crippen molar-refractivity contribution < 1.29 is 48.0 Å². The van der Waals surface area contributed by atoms with E-state index in [1.165, 1.54) is 5.57 Å². The van der Waals surface area contributed by atoms with Gasteiger partial charge in [0.05, 0.1) is 29.9 Å². The SMILES string of the molecule is CC(C)(C)OC(=O)CCC(CO)NC(=O)C1CCCN1C(=O)C1=CC2OC3(Cc4ccccc4C3)OC2C(OC(=O)c2ccccc2C=C2CCC3OC3(C)CCC3C2CC3(C)C)C1. The lowest BCUT2D eigenvalue weighted by molar-refractivity contribution is -0.172. The molecule has 4 aliphatic carbocycles. The molecule has 2 aromatic carbocycles. The third-order valence-corrected chi connectivity index (χ3v) is 15.2. The fraction of sp³-hybridized carbons (Fsp3) is 0.615. The predicted octanol–water partition coefficient (Wildman–Crippen LogP) is 7.19. The van der Waals surface area contributed by atoms with E-state index < -0.39 is 59.6 Å². The normalized spacial score (nSPS) is 32.0. The van der Waals surface area contributed by atoms with Gasteiger partial charge in [0.1, 0.15) is 30.0 Å². The number of benzene rings is 2. The number of carbonyl (C=O) groups is 4. The molecule has 3 saturated heterocycles. The van der Waals surface area contributed by atoms with Crippen LogP contribution < -0.4 is 5.32 Å². The van der Waals surface area contributed by atoms with E-state index in [9.17, 15) is 24.3 Å². The number of allylic oxidation sites excluding steroid dienone is 1. The second-order valence-electron chi connectivity index (χ2n) is 21.4. The van der Waals surface area contributed by atoms with Gasteiger partial charge in [-0.2, -0.15) is 0 Å². The van der Waals surface area contributed by atoms with Crippen molar-refractivity contribution in [3.8, 4) is 0 Å². The minimum atomic E-state index is -0.971. The second kappa shape index (κ2) is 17.1. The first-order valence-corrected chi connectivity index (χ1v) is 23.7. The van der Waals surface area contributed by atoms with Crippen LogP contribution in [0.15, 0.2) is 65.8 Å². The number of rotatable bonds is 10. The van der Waals surface area contributed by atoms with Crippen LogP contribution in [-0.2, 0) is 50.9 Å². The Hall–Kier alpha value is -4.36. The van der Waals surface area contributed by atoms with Gasteiger partial charge in [0, 0.05) is 37.8 Å². The molecule has 9 unspecified atom stereocenters. The minimum absolute atomic E-state index is 0.0247. The molecule has 0 bridgehead atoms. The Labute approximate surface area is 377 Å². The predicted molar refractivity (Wildman–Crippen MR) is 239 cm³/mol. The number of aliphatic hydroxyl groups excluding tert-OH is 1. The van der Waals surface area contributed by atoms with E-state index >= 15 is 0 Å². The maximum absolute atomic E-state index is 14.6. The van der Waals surface area contributed by atoms with Gasteiger partial charge in [-0.05, 0) is 125 Å². The minimum Gasteiger partial charge on any atom is -0.460 e. The Kier molecular flexibility index (Phi) is 12.0. The molecule has 0 radical (unpaired) electrons. The number of fused-ring (bicyclic) bond motifs is 4. The van der Waals surface area contributed by atoms with Crippen LogP contribution in [0.2, 0.25) is 0 Å². The zero-order chi connectivity index (χ0) is 45.2. The van der Waals surface area contributed by atoms with Crippen molar-refractivity contribution in [1.82, 2.24) is 10.2 Å². The fourth-order valence-electron chi connectivity index (χ4n) is 11.7. The fourth-order valence-corrected chi connectivity index (χ4v) is 11.7. The molecule has 3 aliphatic heterocycles. The number of nitrogens with zero attached hydrogens (tertiary/aromatic N) is 1. The van der Waals surface area contributed by atoms with Crippen molar-refractivity contribution >= 4 is 29.8 Å². The molecule has 3 heterocycles. The third-order valence-electron chi connectivity index (χ3n) is 15.2. The van der Waals surface area contributed by atoms with Gasteiger partial charge in [0.15, 0.2) is 5.79 Å². The number of aliphatic hydroxyl groups is 1. The second-order valence-corrected chi connectivity index (χ2v) is 21.4. The molecule has 1 spiro atoms. The molecule has 7 aliphatic rings. The maximum atomic E-state index is 14.6. The molecule has 5 fully saturated rings. The summed E-state index contributed by atoms with van der Waals surface area (Å²) in [7, 11) is 0. The summed E-state index contributed by atoms with van der Waals surface area (Å²) >= 11 is 0. The maximum Gasteiger partial charge on any atom is 0.339 e. The molecule has 2 amide bonds. The summed E-state index contributed by atoms with van der Waals surface area (Å²) in [6.45, 7) is 12.3. The highest BCUT2D eigenvalue weighted by atomic mass is 16.8. The van der Waals surface area contributed by atoms with Crippen molar-refractivity contribution in [3.63, 3.8) is 0 Å². The molecular weight excluding hydrogens is 813 g/mol. The van der Waals surface area contributed by atoms with Crippen LogP contribution >= 0.6 is 0 Å². The number of esters is 2. The number of carbonyl (C=O) groups excluding carboxylic acids is 4. The summed E-state index contributed by atoms with van der Waals surface area (Å²) in [6, 6.07) is 14.3. The lowest BCUT2D eigenvalue weighted by Crippen LogP contribution is -2.51. The van der Waals surface area contributed by atoms with E-state index in [-0.39, 0.29) is 48.9 Å². The Morgan fingerprint density at radius 3 is 2.42 bits per heavy atom. The number of nitrogens with one attached hydrogen (secondary N) is 1. The lowest BCUT2D eigenvalue weighted by atomic mass is 9.52. The summed E-state index contributed by atoms with van der Waals surface area (Å²) in [5, 5.41) is 13.0. The summed E-state index contributed by atoms with van der Waals surface area (Å²) < 4.78 is 31.7. The lowest BCUT2D eigenvalue weighted by Gasteiger charge is -2.53. The van der Waals surface area contributed by atoms with Gasteiger partial charge in [-0.25, -0.2) is 4.79 Å². The summed E-state index contributed by atoms with van der Waals surface area (Å²) in [5.41, 5.74) is 4.88. The van der Waals surface area contributed by atoms with Gasteiger partial charge >= 0.3 is 11.9 Å². The zero-order valence-corrected chi connectivity index (χ0v) is 38.4. The highest BCUT2D eigenvalue weighted by Crippen LogP contribution is 2.60. The van der Waals surface area contributed by atoms with E-state index in [4.69, 9.17) is 23.7 Å². The molecule has 12 heteroatoms. The highest BCUT2D eigenvalue weighted by molar-refractivity contribution is 5.98. The highest BCUT2D eigenvalue weighted by Gasteiger charge is 2.57. The topological polar surface area (TPSA) is 153 Å². The van der Waals surface area contributed by atoms with Gasteiger partial charge in [-0.1, -0.05) is 68.0 Å². The molecule has 9 rings (SSSR count). The van der Waals surface area contributed by atoms with Gasteiger partial charge in [0.2, 0.25) is 11.8 Å². The smallest absolute Gasteiger partial charge is 0.339 e. The summed E-state index contributed by atoms with van der Waals surface area (Å²) in [6.07, 6.45) is 9.74. The van der Waals surface area contributed by atoms with Crippen molar-refractivity contribution in [2.75, 3.05) is 13.2 Å². The van der Waals surface area contributed by atoms with E-state index in [2.05, 4.69) is 44.3 Å². The third kappa shape index (κ3) is 9.09. The molecule has 2 aromatic rings. The Morgan fingerprint density at radius 2 is 1.70 bits per heavy atom. The van der Waals surface area contributed by atoms with Gasteiger partial charge < -0.3 is 39.0 Å². The molecule has 344 valence electrons. The molecule has 64 heavy (non-hydrogen) atoms. The molecule has 0 aromatic heterocycles. The van der Waals surface area contributed by atoms with Crippen molar-refractivity contribution in [2.45, 2.75) is 172 Å². The average Bonchev–Trinajstić information content (AvgIpc) is 3.62. The van der Waals surface area contributed by atoms with Crippen LogP contribution in [0.5, 0.6) is 0 Å². The monoisotopic (exact) mass is 878 g/mol. The first-order valence-electron chi connectivity index (χ1n) is 23.7. The van der Waals surface area contributed by atoms with Crippen LogP contribution in [-0.4, -0.2) is 100 Å². The number of ether oxygens (including phenoxy) is 5. The number of likely N-dealkylation sites (tertiary alicyclic amines) is 1. The van der Waals surface area contributed by atoms with Gasteiger partial charge in [-0.15, -0.1) is 0 Å². The number of hydrogen-bond acceptors (Lipinski definition) is 10. The first-order chi connectivity index (χ1) is 30.4. The van der Waals surface area contributed by atoms with E-state index in [0.717, 1.165) is 48.8 Å². The van der Waals surface area contributed by atoms with E-state index in [1.807, 2.05) is 36.4 Å². The zero-order valence-electron chi connectivity index (χ0n) is 38.4. The number of hydrogen-bond donors (Lipinski definition) is 2. The Balaban J connectivity index is 0.944. The molecule has 9 atom stereocenters. The van der Waals surface area contributed by atoms with Crippen molar-refractivity contribution in [2.24, 2.45) is 17.3 Å². The van der Waals surface area contributed by atoms with E-state index in [0.29, 0.717) is 55.2 Å². The molecule has 2 N–H and O–H groups in total. The number of epoxide rings is 1. The average molecular weight is 879 g/mol. The van der Waals surface area contributed by atoms with Crippen molar-refractivity contribution in [3.05, 3.63) is 88.0 Å². The largest absolute Gasteiger partial charge is 0.460 e. The quantitative estimate of drug-likeness (QED) is 0.185. The van der Waals surface area contributed by atoms with Gasteiger partial charge in [-0.3, -0.25) is 14.4 Å². The molecular formula is C52H66N2O10. The summed E-state index contributed by atoms with van der Waals surface area (Å²) in [5.74, 6) is -1.59. The molecule has 2 saturated carbocycles. The van der Waals surface area contributed by atoms with Crippen molar-refractivity contribution in [1.29, 1.82) is 0 Å². The van der Waals surface area contributed by atoms with Crippen LogP contribution in [0.3, 0.4) is 0 Å². The Bertz CT molecular complexity index is 2200. The van der Waals surface area contributed by atoms with E-state index in [1.54, 1.807) is 31.7 Å².